The molecule has 1 rings (SSSR count). The second kappa shape index (κ2) is 5.82. The molecule has 18 heavy (non-hydrogen) atoms. The highest BCUT2D eigenvalue weighted by Gasteiger charge is 2.19. The van der Waals surface area contributed by atoms with E-state index in [0.29, 0.717) is 11.3 Å². The van der Waals surface area contributed by atoms with E-state index < -0.39 is 10.0 Å². The van der Waals surface area contributed by atoms with E-state index in [9.17, 15) is 8.42 Å². The Kier molecular flexibility index (Phi) is 4.90. The predicted octanol–water partition coefficient (Wildman–Crippen LogP) is 1.71. The van der Waals surface area contributed by atoms with Gasteiger partial charge in [-0.1, -0.05) is 17.7 Å². The van der Waals surface area contributed by atoms with E-state index in [1.54, 1.807) is 19.1 Å². The van der Waals surface area contributed by atoms with Crippen molar-refractivity contribution in [2.45, 2.75) is 51.1 Å². The van der Waals surface area contributed by atoms with E-state index in [1.165, 1.54) is 0 Å². The molecule has 2 atom stereocenters. The average Bonchev–Trinajstić information content (AvgIpc) is 2.13. The molecule has 0 saturated heterocycles. The molecular formula is C13H22N2O2S. The third-order valence-corrected chi connectivity index (χ3v) is 4.45. The standard InChI is InChI=1S/C13H22N2O2S/c1-9-5-6-13(10(2)7-9)18(16,17)15-12(4)8-11(3)14/h5-7,11-12,15H,8,14H2,1-4H3. The molecular weight excluding hydrogens is 248 g/mol. The Morgan fingerprint density at radius 3 is 2.39 bits per heavy atom. The second-order valence-electron chi connectivity index (χ2n) is 5.00. The topological polar surface area (TPSA) is 72.2 Å². The summed E-state index contributed by atoms with van der Waals surface area (Å²) in [4.78, 5) is 0.338. The smallest absolute Gasteiger partial charge is 0.241 e. The van der Waals surface area contributed by atoms with Crippen LogP contribution < -0.4 is 10.5 Å². The van der Waals surface area contributed by atoms with E-state index in [-0.39, 0.29) is 12.1 Å². The summed E-state index contributed by atoms with van der Waals surface area (Å²) in [5, 5.41) is 0. The molecule has 0 spiro atoms. The highest BCUT2D eigenvalue weighted by Crippen LogP contribution is 2.17. The monoisotopic (exact) mass is 270 g/mol. The summed E-state index contributed by atoms with van der Waals surface area (Å²) in [6.45, 7) is 7.43. The first kappa shape index (κ1) is 15.1. The molecule has 0 bridgehead atoms. The molecule has 1 aromatic carbocycles. The maximum Gasteiger partial charge on any atom is 0.241 e. The van der Waals surface area contributed by atoms with Gasteiger partial charge in [-0.3, -0.25) is 0 Å². The normalized spacial score (nSPS) is 15.4. The summed E-state index contributed by atoms with van der Waals surface area (Å²) in [5.74, 6) is 0. The van der Waals surface area contributed by atoms with E-state index in [1.807, 2.05) is 26.8 Å². The molecule has 0 amide bonds. The molecule has 0 radical (unpaired) electrons. The van der Waals surface area contributed by atoms with Gasteiger partial charge in [-0.05, 0) is 45.7 Å². The van der Waals surface area contributed by atoms with Crippen molar-refractivity contribution in [3.8, 4) is 0 Å². The van der Waals surface area contributed by atoms with Gasteiger partial charge in [0.15, 0.2) is 0 Å². The molecule has 0 heterocycles. The second-order valence-corrected chi connectivity index (χ2v) is 6.69. The highest BCUT2D eigenvalue weighted by molar-refractivity contribution is 7.89. The fraction of sp³-hybridized carbons (Fsp3) is 0.538. The lowest BCUT2D eigenvalue weighted by molar-refractivity contribution is 0.519. The molecule has 0 aliphatic heterocycles. The van der Waals surface area contributed by atoms with Crippen LogP contribution in [0, 0.1) is 13.8 Å². The lowest BCUT2D eigenvalue weighted by Crippen LogP contribution is -2.36. The molecule has 0 fully saturated rings. The van der Waals surface area contributed by atoms with Gasteiger partial charge in [0.25, 0.3) is 0 Å². The minimum absolute atomic E-state index is 0.0261. The zero-order chi connectivity index (χ0) is 13.9. The first-order valence-corrected chi connectivity index (χ1v) is 7.56. The van der Waals surface area contributed by atoms with E-state index in [0.717, 1.165) is 11.1 Å². The van der Waals surface area contributed by atoms with Crippen molar-refractivity contribution in [3.05, 3.63) is 29.3 Å². The SMILES string of the molecule is Cc1ccc(S(=O)(=O)NC(C)CC(C)N)c(C)c1. The van der Waals surface area contributed by atoms with Crippen molar-refractivity contribution in [2.24, 2.45) is 5.73 Å². The van der Waals surface area contributed by atoms with Gasteiger partial charge in [-0.25, -0.2) is 13.1 Å². The summed E-state index contributed by atoms with van der Waals surface area (Å²) in [5.41, 5.74) is 7.48. The number of aryl methyl sites for hydroxylation is 2. The van der Waals surface area contributed by atoms with Crippen LogP contribution in [0.5, 0.6) is 0 Å². The molecule has 5 heteroatoms. The molecule has 0 aliphatic carbocycles. The lowest BCUT2D eigenvalue weighted by atomic mass is 10.1. The fourth-order valence-electron chi connectivity index (χ4n) is 2.03. The quantitative estimate of drug-likeness (QED) is 0.855. The van der Waals surface area contributed by atoms with Crippen molar-refractivity contribution in [2.75, 3.05) is 0 Å². The molecule has 3 N–H and O–H groups in total. The summed E-state index contributed by atoms with van der Waals surface area (Å²) in [6, 6.07) is 5.12. The number of sulfonamides is 1. The van der Waals surface area contributed by atoms with Gasteiger partial charge in [0, 0.05) is 12.1 Å². The van der Waals surface area contributed by atoms with Crippen LogP contribution >= 0.6 is 0 Å². The lowest BCUT2D eigenvalue weighted by Gasteiger charge is -2.17. The maximum absolute atomic E-state index is 12.2. The van der Waals surface area contributed by atoms with Gasteiger partial charge in [-0.2, -0.15) is 0 Å². The zero-order valence-corrected chi connectivity index (χ0v) is 12.2. The molecule has 0 saturated carbocycles. The number of hydrogen-bond donors (Lipinski definition) is 2. The van der Waals surface area contributed by atoms with Crippen LogP contribution in [-0.4, -0.2) is 20.5 Å². The Labute approximate surface area is 110 Å². The van der Waals surface area contributed by atoms with Crippen molar-refractivity contribution < 1.29 is 8.42 Å². The number of nitrogens with two attached hydrogens (primary N) is 1. The molecule has 0 aromatic heterocycles. The van der Waals surface area contributed by atoms with Crippen LogP contribution in [-0.2, 0) is 10.0 Å². The third kappa shape index (κ3) is 4.08. The van der Waals surface area contributed by atoms with Crippen molar-refractivity contribution in [1.29, 1.82) is 0 Å². The molecule has 0 aliphatic rings. The Balaban J connectivity index is 2.93. The zero-order valence-electron chi connectivity index (χ0n) is 11.4. The van der Waals surface area contributed by atoms with Crippen molar-refractivity contribution in [3.63, 3.8) is 0 Å². The molecule has 2 unspecified atom stereocenters. The van der Waals surface area contributed by atoms with E-state index >= 15 is 0 Å². The van der Waals surface area contributed by atoms with Gasteiger partial charge in [0.05, 0.1) is 4.90 Å². The predicted molar refractivity (Wildman–Crippen MR) is 74.0 cm³/mol. The largest absolute Gasteiger partial charge is 0.328 e. The summed E-state index contributed by atoms with van der Waals surface area (Å²) in [7, 11) is -3.46. The van der Waals surface area contributed by atoms with Crippen molar-refractivity contribution in [1.82, 2.24) is 4.72 Å². The Hall–Kier alpha value is -0.910. The Morgan fingerprint density at radius 2 is 1.89 bits per heavy atom. The first-order valence-electron chi connectivity index (χ1n) is 6.07. The Bertz CT molecular complexity index is 510. The summed E-state index contributed by atoms with van der Waals surface area (Å²) in [6.07, 6.45) is 0.615. The van der Waals surface area contributed by atoms with Gasteiger partial charge >= 0.3 is 0 Å². The van der Waals surface area contributed by atoms with Crippen LogP contribution in [0.25, 0.3) is 0 Å². The van der Waals surface area contributed by atoms with E-state index in [2.05, 4.69) is 4.72 Å². The number of rotatable bonds is 5. The first-order chi connectivity index (χ1) is 8.22. The van der Waals surface area contributed by atoms with Crippen LogP contribution in [0.3, 0.4) is 0 Å². The van der Waals surface area contributed by atoms with Crippen LogP contribution in [0.1, 0.15) is 31.4 Å². The van der Waals surface area contributed by atoms with Crippen LogP contribution in [0.15, 0.2) is 23.1 Å². The van der Waals surface area contributed by atoms with Crippen LogP contribution in [0.2, 0.25) is 0 Å². The minimum atomic E-state index is -3.46. The molecule has 1 aromatic rings. The molecule has 4 nitrogen and oxygen atoms in total. The van der Waals surface area contributed by atoms with Gasteiger partial charge in [0.2, 0.25) is 10.0 Å². The van der Waals surface area contributed by atoms with Gasteiger partial charge < -0.3 is 5.73 Å². The van der Waals surface area contributed by atoms with Gasteiger partial charge in [-0.15, -0.1) is 0 Å². The van der Waals surface area contributed by atoms with E-state index in [4.69, 9.17) is 5.73 Å². The fourth-order valence-corrected chi connectivity index (χ4v) is 3.52. The Morgan fingerprint density at radius 1 is 1.28 bits per heavy atom. The van der Waals surface area contributed by atoms with Crippen LogP contribution in [0.4, 0.5) is 0 Å². The average molecular weight is 270 g/mol. The number of nitrogens with one attached hydrogen (secondary N) is 1. The molecule has 102 valence electrons. The number of hydrogen-bond acceptors (Lipinski definition) is 3. The maximum atomic E-state index is 12.2. The highest BCUT2D eigenvalue weighted by atomic mass is 32.2. The van der Waals surface area contributed by atoms with Crippen molar-refractivity contribution >= 4 is 10.0 Å². The minimum Gasteiger partial charge on any atom is -0.328 e. The summed E-state index contributed by atoms with van der Waals surface area (Å²) >= 11 is 0. The summed E-state index contributed by atoms with van der Waals surface area (Å²) < 4.78 is 27.1. The third-order valence-electron chi connectivity index (χ3n) is 2.70. The van der Waals surface area contributed by atoms with Gasteiger partial charge in [0.1, 0.15) is 0 Å². The number of benzene rings is 1.